The molecule has 0 heterocycles. The summed E-state index contributed by atoms with van der Waals surface area (Å²) in [5.74, 6) is -0.944. The highest BCUT2D eigenvalue weighted by molar-refractivity contribution is 5.87. The molecule has 31 heavy (non-hydrogen) atoms. The SMILES string of the molecule is C/C=C\CO[C@H](C)CNC(C(=O)N(C)CC(=O)NC[C@H](O)c1ccc(F)cc1)C(C)C. The van der Waals surface area contributed by atoms with E-state index in [1.165, 1.54) is 29.2 Å². The van der Waals surface area contributed by atoms with Crippen LogP contribution in [0.2, 0.25) is 0 Å². The lowest BCUT2D eigenvalue weighted by molar-refractivity contribution is -0.137. The van der Waals surface area contributed by atoms with Crippen molar-refractivity contribution in [2.45, 2.75) is 45.9 Å². The number of likely N-dealkylation sites (N-methyl/N-ethyl adjacent to an activating group) is 1. The average Bonchev–Trinajstić information content (AvgIpc) is 2.72. The molecule has 3 atom stereocenters. The maximum Gasteiger partial charge on any atom is 0.240 e. The number of hydrogen-bond donors (Lipinski definition) is 3. The summed E-state index contributed by atoms with van der Waals surface area (Å²) in [5.41, 5.74) is 0.501. The maximum atomic E-state index is 13.0. The summed E-state index contributed by atoms with van der Waals surface area (Å²) in [7, 11) is 1.57. The van der Waals surface area contributed by atoms with E-state index in [2.05, 4.69) is 10.6 Å². The Balaban J connectivity index is 2.50. The molecule has 0 saturated carbocycles. The Kier molecular flexibility index (Phi) is 12.0. The molecule has 0 radical (unpaired) electrons. The monoisotopic (exact) mass is 437 g/mol. The molecule has 0 aliphatic carbocycles. The number of carbonyl (C=O) groups is 2. The fourth-order valence-corrected chi connectivity index (χ4v) is 2.88. The fraction of sp³-hybridized carbons (Fsp3) is 0.565. The second-order valence-electron chi connectivity index (χ2n) is 7.91. The van der Waals surface area contributed by atoms with Gasteiger partial charge in [-0.1, -0.05) is 38.1 Å². The summed E-state index contributed by atoms with van der Waals surface area (Å²) in [6.45, 7) is 8.60. The summed E-state index contributed by atoms with van der Waals surface area (Å²) in [5, 5.41) is 16.0. The quantitative estimate of drug-likeness (QED) is 0.411. The zero-order valence-electron chi connectivity index (χ0n) is 19.1. The molecule has 0 bridgehead atoms. The molecule has 1 rings (SSSR count). The summed E-state index contributed by atoms with van der Waals surface area (Å²) >= 11 is 0. The number of benzene rings is 1. The van der Waals surface area contributed by atoms with Gasteiger partial charge in [-0.15, -0.1) is 0 Å². The molecule has 3 N–H and O–H groups in total. The number of nitrogens with one attached hydrogen (secondary N) is 2. The van der Waals surface area contributed by atoms with Gasteiger partial charge in [-0.05, 0) is 37.5 Å². The zero-order valence-corrected chi connectivity index (χ0v) is 19.1. The van der Waals surface area contributed by atoms with Crippen LogP contribution < -0.4 is 10.6 Å². The van der Waals surface area contributed by atoms with Crippen LogP contribution in [0, 0.1) is 11.7 Å². The van der Waals surface area contributed by atoms with E-state index in [1.807, 2.05) is 39.8 Å². The van der Waals surface area contributed by atoms with E-state index >= 15 is 0 Å². The predicted molar refractivity (Wildman–Crippen MR) is 119 cm³/mol. The number of carbonyl (C=O) groups excluding carboxylic acids is 2. The smallest absolute Gasteiger partial charge is 0.240 e. The molecular weight excluding hydrogens is 401 g/mol. The van der Waals surface area contributed by atoms with E-state index in [0.717, 1.165) is 0 Å². The van der Waals surface area contributed by atoms with Crippen LogP contribution in [0.5, 0.6) is 0 Å². The van der Waals surface area contributed by atoms with E-state index in [0.29, 0.717) is 18.7 Å². The van der Waals surface area contributed by atoms with Gasteiger partial charge in [0.25, 0.3) is 0 Å². The van der Waals surface area contributed by atoms with Crippen molar-refractivity contribution >= 4 is 11.8 Å². The zero-order chi connectivity index (χ0) is 23.4. The predicted octanol–water partition coefficient (Wildman–Crippen LogP) is 2.03. The summed E-state index contributed by atoms with van der Waals surface area (Å²) in [6, 6.07) is 4.97. The first-order valence-corrected chi connectivity index (χ1v) is 10.6. The van der Waals surface area contributed by atoms with Crippen molar-refractivity contribution in [3.05, 3.63) is 47.8 Å². The van der Waals surface area contributed by atoms with Gasteiger partial charge in [-0.2, -0.15) is 0 Å². The maximum absolute atomic E-state index is 13.0. The van der Waals surface area contributed by atoms with Crippen molar-refractivity contribution in [2.75, 3.05) is 33.3 Å². The average molecular weight is 438 g/mol. The molecule has 0 aliphatic heterocycles. The Labute approximate surface area is 184 Å². The van der Waals surface area contributed by atoms with E-state index in [9.17, 15) is 19.1 Å². The lowest BCUT2D eigenvalue weighted by atomic mass is 10.0. The number of ether oxygens (including phenoxy) is 1. The summed E-state index contributed by atoms with van der Waals surface area (Å²) < 4.78 is 18.6. The molecule has 0 saturated heterocycles. The molecule has 0 aliphatic rings. The number of rotatable bonds is 13. The minimum atomic E-state index is -0.959. The highest BCUT2D eigenvalue weighted by Crippen LogP contribution is 2.12. The topological polar surface area (TPSA) is 90.9 Å². The third kappa shape index (κ3) is 10.0. The van der Waals surface area contributed by atoms with Crippen molar-refractivity contribution in [3.8, 4) is 0 Å². The van der Waals surface area contributed by atoms with Crippen molar-refractivity contribution < 1.29 is 23.8 Å². The first kappa shape index (κ1) is 26.7. The van der Waals surface area contributed by atoms with E-state index in [4.69, 9.17) is 4.74 Å². The van der Waals surface area contributed by atoms with Gasteiger partial charge in [0.15, 0.2) is 0 Å². The molecule has 1 unspecified atom stereocenters. The van der Waals surface area contributed by atoms with Crippen LogP contribution in [0.4, 0.5) is 4.39 Å². The third-order valence-electron chi connectivity index (χ3n) is 4.77. The number of halogens is 1. The molecule has 7 nitrogen and oxygen atoms in total. The van der Waals surface area contributed by atoms with Gasteiger partial charge >= 0.3 is 0 Å². The Morgan fingerprint density at radius 2 is 1.84 bits per heavy atom. The molecule has 174 valence electrons. The van der Waals surface area contributed by atoms with Gasteiger partial charge in [-0.3, -0.25) is 9.59 Å². The van der Waals surface area contributed by atoms with Crippen LogP contribution in [-0.2, 0) is 14.3 Å². The Morgan fingerprint density at radius 1 is 1.19 bits per heavy atom. The largest absolute Gasteiger partial charge is 0.387 e. The number of amides is 2. The van der Waals surface area contributed by atoms with Crippen LogP contribution >= 0.6 is 0 Å². The number of aliphatic hydroxyl groups excluding tert-OH is 1. The van der Waals surface area contributed by atoms with Gasteiger partial charge in [0.2, 0.25) is 11.8 Å². The van der Waals surface area contributed by atoms with Crippen LogP contribution in [0.1, 0.15) is 39.4 Å². The standard InChI is InChI=1S/C23H36FN3O4/c1-6-7-12-31-17(4)13-26-22(16(2)3)23(30)27(5)15-21(29)25-14-20(28)18-8-10-19(24)11-9-18/h6-11,16-17,20,22,26,28H,12-15H2,1-5H3,(H,25,29)/b7-6-/t17-,20+,22?/m1/s1. The normalized spacial score (nSPS) is 14.5. The van der Waals surface area contributed by atoms with Gasteiger partial charge in [-0.25, -0.2) is 4.39 Å². The lowest BCUT2D eigenvalue weighted by Crippen LogP contribution is -2.51. The summed E-state index contributed by atoms with van der Waals surface area (Å²) in [4.78, 5) is 26.4. The van der Waals surface area contributed by atoms with E-state index < -0.39 is 18.0 Å². The molecule has 1 aromatic rings. The van der Waals surface area contributed by atoms with Crippen molar-refractivity contribution in [1.82, 2.24) is 15.5 Å². The molecular formula is C23H36FN3O4. The van der Waals surface area contributed by atoms with Gasteiger partial charge in [0.1, 0.15) is 5.82 Å². The molecule has 8 heteroatoms. The molecule has 2 amide bonds. The highest BCUT2D eigenvalue weighted by atomic mass is 19.1. The minimum Gasteiger partial charge on any atom is -0.387 e. The van der Waals surface area contributed by atoms with E-state index in [-0.39, 0.29) is 36.9 Å². The number of hydrogen-bond acceptors (Lipinski definition) is 5. The molecule has 0 aromatic heterocycles. The fourth-order valence-electron chi connectivity index (χ4n) is 2.88. The van der Waals surface area contributed by atoms with Crippen molar-refractivity contribution in [3.63, 3.8) is 0 Å². The number of allylic oxidation sites excluding steroid dienone is 1. The van der Waals surface area contributed by atoms with Gasteiger partial charge in [0.05, 0.1) is 31.4 Å². The van der Waals surface area contributed by atoms with Crippen LogP contribution in [0.25, 0.3) is 0 Å². The van der Waals surface area contributed by atoms with Gasteiger partial charge in [0, 0.05) is 20.1 Å². The van der Waals surface area contributed by atoms with E-state index in [1.54, 1.807) is 7.05 Å². The third-order valence-corrected chi connectivity index (χ3v) is 4.77. The highest BCUT2D eigenvalue weighted by Gasteiger charge is 2.26. The molecule has 1 aromatic carbocycles. The second kappa shape index (κ2) is 13.9. The number of aliphatic hydroxyl groups is 1. The first-order valence-electron chi connectivity index (χ1n) is 10.6. The van der Waals surface area contributed by atoms with Crippen LogP contribution in [0.3, 0.4) is 0 Å². The van der Waals surface area contributed by atoms with Crippen LogP contribution in [-0.4, -0.2) is 67.3 Å². The first-order chi connectivity index (χ1) is 14.6. The van der Waals surface area contributed by atoms with Gasteiger partial charge < -0.3 is 25.4 Å². The van der Waals surface area contributed by atoms with Crippen molar-refractivity contribution in [2.24, 2.45) is 5.92 Å². The Morgan fingerprint density at radius 3 is 2.42 bits per heavy atom. The molecule has 0 spiro atoms. The lowest BCUT2D eigenvalue weighted by Gasteiger charge is -2.28. The Bertz CT molecular complexity index is 709. The minimum absolute atomic E-state index is 0.0284. The summed E-state index contributed by atoms with van der Waals surface area (Å²) in [6.07, 6.45) is 2.81. The van der Waals surface area contributed by atoms with Crippen LogP contribution in [0.15, 0.2) is 36.4 Å². The number of nitrogens with zero attached hydrogens (tertiary/aromatic N) is 1. The second-order valence-corrected chi connectivity index (χ2v) is 7.91. The van der Waals surface area contributed by atoms with Crippen molar-refractivity contribution in [1.29, 1.82) is 0 Å². The molecule has 0 fully saturated rings. The Hall–Kier alpha value is -2.29.